The summed E-state index contributed by atoms with van der Waals surface area (Å²) in [6, 6.07) is 0. The van der Waals surface area contributed by atoms with Crippen molar-refractivity contribution in [3.05, 3.63) is 0 Å². The Kier molecular flexibility index (Phi) is 7.56. The summed E-state index contributed by atoms with van der Waals surface area (Å²) in [5, 5.41) is 0.262. The third-order valence-corrected chi connectivity index (χ3v) is 8.02. The number of hydrogen-bond donors (Lipinski definition) is 1. The molecule has 0 rings (SSSR count). The molecule has 0 aromatic carbocycles. The molecule has 0 aliphatic rings. The van der Waals surface area contributed by atoms with Gasteiger partial charge in [0, 0.05) is 6.54 Å². The van der Waals surface area contributed by atoms with Crippen LogP contribution in [-0.2, 0) is 9.16 Å². The smallest absolute Gasteiger partial charge is 0.192 e. The lowest BCUT2D eigenvalue weighted by atomic mass is 10.2. The molecule has 104 valence electrons. The van der Waals surface area contributed by atoms with E-state index in [0.717, 1.165) is 12.8 Å². The fraction of sp³-hybridized carbons (Fsp3) is 1.00. The lowest BCUT2D eigenvalue weighted by Gasteiger charge is -2.37. The summed E-state index contributed by atoms with van der Waals surface area (Å²) < 4.78 is 11.9. The van der Waals surface area contributed by atoms with E-state index in [9.17, 15) is 0 Å². The van der Waals surface area contributed by atoms with E-state index in [-0.39, 0.29) is 11.1 Å². The van der Waals surface area contributed by atoms with E-state index >= 15 is 0 Å². The molecule has 1 atom stereocenters. The van der Waals surface area contributed by atoms with Gasteiger partial charge in [-0.25, -0.2) is 0 Å². The molecule has 0 saturated heterocycles. The third-order valence-electron chi connectivity index (χ3n) is 3.52. The molecule has 0 spiro atoms. The van der Waals surface area contributed by atoms with Crippen LogP contribution in [0.25, 0.3) is 0 Å². The average Bonchev–Trinajstić information content (AvgIpc) is 2.20. The lowest BCUT2D eigenvalue weighted by molar-refractivity contribution is 0.0154. The molecule has 0 aliphatic carbocycles. The monoisotopic (exact) mass is 261 g/mol. The highest BCUT2D eigenvalue weighted by molar-refractivity contribution is 6.74. The number of nitrogens with two attached hydrogens (primary N) is 1. The van der Waals surface area contributed by atoms with Crippen LogP contribution in [0.5, 0.6) is 0 Å². The molecule has 0 aromatic rings. The van der Waals surface area contributed by atoms with Crippen molar-refractivity contribution in [2.75, 3.05) is 19.8 Å². The molecule has 0 saturated carbocycles. The van der Waals surface area contributed by atoms with Crippen LogP contribution in [0.3, 0.4) is 0 Å². The Bertz CT molecular complexity index is 202. The fourth-order valence-corrected chi connectivity index (χ4v) is 2.32. The van der Waals surface area contributed by atoms with Crippen molar-refractivity contribution < 1.29 is 9.16 Å². The molecule has 0 unspecified atom stereocenters. The zero-order valence-corrected chi connectivity index (χ0v) is 13.5. The standard InChI is InChI=1S/C13H31NO2Si/c1-7-8-12(15-10-9-14)11-16-17(5,6)13(2,3)4/h12H,7-11,14H2,1-6H3/t12-/m0/s1. The first kappa shape index (κ1) is 17.1. The van der Waals surface area contributed by atoms with Crippen molar-refractivity contribution in [2.24, 2.45) is 5.73 Å². The summed E-state index contributed by atoms with van der Waals surface area (Å²) in [6.45, 7) is 15.4. The molecule has 3 nitrogen and oxygen atoms in total. The molecule has 0 aliphatic heterocycles. The number of ether oxygens (including phenoxy) is 1. The number of rotatable bonds is 8. The van der Waals surface area contributed by atoms with Gasteiger partial charge in [0.25, 0.3) is 0 Å². The van der Waals surface area contributed by atoms with Crippen LogP contribution in [0, 0.1) is 0 Å². The van der Waals surface area contributed by atoms with Crippen molar-refractivity contribution in [1.82, 2.24) is 0 Å². The van der Waals surface area contributed by atoms with E-state index < -0.39 is 8.32 Å². The quantitative estimate of drug-likeness (QED) is 0.683. The highest BCUT2D eigenvalue weighted by Crippen LogP contribution is 2.36. The SMILES string of the molecule is CCC[C@@H](CO[Si](C)(C)C(C)(C)C)OCCN. The predicted octanol–water partition coefficient (Wildman–Crippen LogP) is 3.15. The summed E-state index contributed by atoms with van der Waals surface area (Å²) in [4.78, 5) is 0. The Morgan fingerprint density at radius 2 is 1.82 bits per heavy atom. The summed E-state index contributed by atoms with van der Waals surface area (Å²) in [6.07, 6.45) is 2.38. The van der Waals surface area contributed by atoms with Gasteiger partial charge in [-0.1, -0.05) is 34.1 Å². The second kappa shape index (κ2) is 7.51. The van der Waals surface area contributed by atoms with Gasteiger partial charge < -0.3 is 14.9 Å². The molecule has 0 heterocycles. The molecule has 0 bridgehead atoms. The van der Waals surface area contributed by atoms with E-state index in [4.69, 9.17) is 14.9 Å². The maximum atomic E-state index is 6.18. The first-order valence-corrected chi connectivity index (χ1v) is 9.61. The summed E-state index contributed by atoms with van der Waals surface area (Å²) in [7, 11) is -1.65. The predicted molar refractivity (Wildman–Crippen MR) is 76.9 cm³/mol. The molecule has 17 heavy (non-hydrogen) atoms. The van der Waals surface area contributed by atoms with Gasteiger partial charge in [-0.2, -0.15) is 0 Å². The van der Waals surface area contributed by atoms with Gasteiger partial charge in [0.05, 0.1) is 19.3 Å². The van der Waals surface area contributed by atoms with Crippen molar-refractivity contribution in [2.45, 2.75) is 64.8 Å². The van der Waals surface area contributed by atoms with Crippen molar-refractivity contribution >= 4 is 8.32 Å². The second-order valence-electron chi connectivity index (χ2n) is 6.14. The minimum absolute atomic E-state index is 0.206. The van der Waals surface area contributed by atoms with E-state index in [1.54, 1.807) is 0 Å². The van der Waals surface area contributed by atoms with Gasteiger partial charge in [-0.05, 0) is 24.6 Å². The third kappa shape index (κ3) is 6.55. The van der Waals surface area contributed by atoms with Crippen LogP contribution in [-0.4, -0.2) is 34.2 Å². The number of hydrogen-bond acceptors (Lipinski definition) is 3. The van der Waals surface area contributed by atoms with E-state index in [1.165, 1.54) is 0 Å². The van der Waals surface area contributed by atoms with Crippen LogP contribution in [0.15, 0.2) is 0 Å². The first-order chi connectivity index (χ1) is 7.74. The molecule has 2 N–H and O–H groups in total. The van der Waals surface area contributed by atoms with Crippen LogP contribution in [0.1, 0.15) is 40.5 Å². The molecule has 0 amide bonds. The van der Waals surface area contributed by atoms with E-state index in [2.05, 4.69) is 40.8 Å². The van der Waals surface area contributed by atoms with Gasteiger partial charge in [-0.15, -0.1) is 0 Å². The van der Waals surface area contributed by atoms with Crippen molar-refractivity contribution in [3.8, 4) is 0 Å². The van der Waals surface area contributed by atoms with Gasteiger partial charge in [-0.3, -0.25) is 0 Å². The maximum absolute atomic E-state index is 6.18. The fourth-order valence-electron chi connectivity index (χ4n) is 1.29. The molecule has 0 aromatic heterocycles. The van der Waals surface area contributed by atoms with Gasteiger partial charge in [0.1, 0.15) is 0 Å². The Labute approximate surface area is 108 Å². The summed E-state index contributed by atoms with van der Waals surface area (Å²) >= 11 is 0. The highest BCUT2D eigenvalue weighted by Gasteiger charge is 2.37. The van der Waals surface area contributed by atoms with Crippen molar-refractivity contribution in [1.29, 1.82) is 0 Å². The lowest BCUT2D eigenvalue weighted by Crippen LogP contribution is -2.43. The topological polar surface area (TPSA) is 44.5 Å². The Balaban J connectivity index is 4.19. The second-order valence-corrected chi connectivity index (χ2v) is 11.0. The minimum atomic E-state index is -1.65. The molecule has 0 fully saturated rings. The summed E-state index contributed by atoms with van der Waals surface area (Å²) in [5.74, 6) is 0. The van der Waals surface area contributed by atoms with E-state index in [0.29, 0.717) is 19.8 Å². The first-order valence-electron chi connectivity index (χ1n) is 6.70. The maximum Gasteiger partial charge on any atom is 0.192 e. The Hall–Kier alpha value is 0.0969. The normalized spacial score (nSPS) is 15.0. The highest BCUT2D eigenvalue weighted by atomic mass is 28.4. The van der Waals surface area contributed by atoms with Crippen LogP contribution >= 0.6 is 0 Å². The zero-order chi connectivity index (χ0) is 13.5. The van der Waals surface area contributed by atoms with Gasteiger partial charge in [0.15, 0.2) is 8.32 Å². The average molecular weight is 261 g/mol. The molecular formula is C13H31NO2Si. The van der Waals surface area contributed by atoms with Gasteiger partial charge in [0.2, 0.25) is 0 Å². The van der Waals surface area contributed by atoms with Crippen molar-refractivity contribution in [3.63, 3.8) is 0 Å². The van der Waals surface area contributed by atoms with E-state index in [1.807, 2.05) is 0 Å². The van der Waals surface area contributed by atoms with Crippen LogP contribution < -0.4 is 5.73 Å². The molecule has 4 heteroatoms. The summed E-state index contributed by atoms with van der Waals surface area (Å²) in [5.41, 5.74) is 5.47. The molecular weight excluding hydrogens is 230 g/mol. The molecule has 0 radical (unpaired) electrons. The van der Waals surface area contributed by atoms with Gasteiger partial charge >= 0.3 is 0 Å². The largest absolute Gasteiger partial charge is 0.414 e. The Morgan fingerprint density at radius 1 is 1.24 bits per heavy atom. The minimum Gasteiger partial charge on any atom is -0.414 e. The zero-order valence-electron chi connectivity index (χ0n) is 12.5. The van der Waals surface area contributed by atoms with Crippen LogP contribution in [0.4, 0.5) is 0 Å². The Morgan fingerprint density at radius 3 is 2.24 bits per heavy atom. The van der Waals surface area contributed by atoms with Crippen LogP contribution in [0.2, 0.25) is 18.1 Å².